The Kier molecular flexibility index (Phi) is 6.29. The highest BCUT2D eigenvalue weighted by atomic mass is 32.2. The van der Waals surface area contributed by atoms with Crippen LogP contribution < -0.4 is 11.1 Å². The Morgan fingerprint density at radius 1 is 1.36 bits per heavy atom. The van der Waals surface area contributed by atoms with E-state index in [2.05, 4.69) is 47.7 Å². The molecule has 0 atom stereocenters. The van der Waals surface area contributed by atoms with Crippen LogP contribution in [-0.4, -0.2) is 30.3 Å². The van der Waals surface area contributed by atoms with Gasteiger partial charge in [-0.2, -0.15) is 0 Å². The van der Waals surface area contributed by atoms with E-state index in [4.69, 9.17) is 5.73 Å². The van der Waals surface area contributed by atoms with Crippen LogP contribution in [0.1, 0.15) is 38.7 Å². The molecule has 0 heterocycles. The summed E-state index contributed by atoms with van der Waals surface area (Å²) in [7, 11) is 0. The predicted octanol–water partition coefficient (Wildman–Crippen LogP) is 2.74. The van der Waals surface area contributed by atoms with E-state index in [1.807, 2.05) is 0 Å². The summed E-state index contributed by atoms with van der Waals surface area (Å²) in [4.78, 5) is 11.5. The summed E-state index contributed by atoms with van der Waals surface area (Å²) >= 11 is 1.79. The summed E-state index contributed by atoms with van der Waals surface area (Å²) in [6.07, 6.45) is 3.92. The summed E-state index contributed by atoms with van der Waals surface area (Å²) in [6, 6.07) is 8.67. The van der Waals surface area contributed by atoms with Gasteiger partial charge in [-0.05, 0) is 54.8 Å². The molecule has 22 heavy (non-hydrogen) atoms. The Bertz CT molecular complexity index is 471. The molecule has 4 nitrogen and oxygen atoms in total. The maximum Gasteiger partial charge on any atom is 0.207 e. The lowest BCUT2D eigenvalue weighted by Gasteiger charge is -2.23. The summed E-state index contributed by atoms with van der Waals surface area (Å²) in [6.45, 7) is 7.19. The second kappa shape index (κ2) is 7.99. The largest absolute Gasteiger partial charge is 0.359 e. The highest BCUT2D eigenvalue weighted by Gasteiger charge is 2.39. The van der Waals surface area contributed by atoms with Crippen molar-refractivity contribution in [1.29, 1.82) is 0 Å². The predicted molar refractivity (Wildman–Crippen MR) is 92.5 cm³/mol. The third kappa shape index (κ3) is 5.30. The van der Waals surface area contributed by atoms with Gasteiger partial charge in [0.1, 0.15) is 0 Å². The third-order valence-corrected chi connectivity index (χ3v) is 4.91. The van der Waals surface area contributed by atoms with Crippen molar-refractivity contribution in [3.8, 4) is 0 Å². The molecule has 1 fully saturated rings. The lowest BCUT2D eigenvalue weighted by molar-refractivity contribution is -0.109. The summed E-state index contributed by atoms with van der Waals surface area (Å²) in [5, 5.41) is 2.72. The number of rotatable bonds is 10. The van der Waals surface area contributed by atoms with Crippen LogP contribution in [0.2, 0.25) is 0 Å². The van der Waals surface area contributed by atoms with Gasteiger partial charge >= 0.3 is 0 Å². The zero-order chi connectivity index (χ0) is 16.0. The van der Waals surface area contributed by atoms with Gasteiger partial charge in [-0.15, -0.1) is 0 Å². The molecule has 0 saturated heterocycles. The molecule has 2 rings (SSSR count). The Hall–Kier alpha value is -1.04. The second-order valence-electron chi connectivity index (χ2n) is 6.48. The van der Waals surface area contributed by atoms with E-state index in [0.717, 1.165) is 45.3 Å². The van der Waals surface area contributed by atoms with E-state index in [1.54, 1.807) is 11.9 Å². The fourth-order valence-corrected chi connectivity index (χ4v) is 3.57. The van der Waals surface area contributed by atoms with E-state index in [9.17, 15) is 4.79 Å². The lowest BCUT2D eigenvalue weighted by Crippen LogP contribution is -2.25. The molecular weight excluding hydrogens is 294 g/mol. The Balaban J connectivity index is 1.89. The van der Waals surface area contributed by atoms with Crippen LogP contribution in [0.15, 0.2) is 29.2 Å². The minimum atomic E-state index is -0.0543. The third-order valence-electron chi connectivity index (χ3n) is 3.83. The van der Waals surface area contributed by atoms with Crippen LogP contribution in [0.5, 0.6) is 0 Å². The highest BCUT2D eigenvalue weighted by molar-refractivity contribution is 7.97. The molecular formula is C17H27N3OS. The van der Waals surface area contributed by atoms with Gasteiger partial charge < -0.3 is 11.1 Å². The van der Waals surface area contributed by atoms with E-state index in [-0.39, 0.29) is 5.54 Å². The number of nitrogens with two attached hydrogens (primary N) is 1. The van der Waals surface area contributed by atoms with Gasteiger partial charge in [0.25, 0.3) is 0 Å². The van der Waals surface area contributed by atoms with Gasteiger partial charge in [-0.3, -0.25) is 4.79 Å². The zero-order valence-corrected chi connectivity index (χ0v) is 14.4. The minimum Gasteiger partial charge on any atom is -0.359 e. The maximum absolute atomic E-state index is 10.3. The smallest absolute Gasteiger partial charge is 0.207 e. The SMILES string of the molecule is CC(C)CN(CCCNC=O)Sc1ccc(C2(N)CC2)cc1. The normalized spacial score (nSPS) is 16.0. The van der Waals surface area contributed by atoms with Crippen molar-refractivity contribution in [3.05, 3.63) is 29.8 Å². The van der Waals surface area contributed by atoms with Gasteiger partial charge in [-0.1, -0.05) is 26.0 Å². The van der Waals surface area contributed by atoms with Gasteiger partial charge in [-0.25, -0.2) is 4.31 Å². The molecule has 0 aromatic heterocycles. The molecule has 1 aromatic carbocycles. The van der Waals surface area contributed by atoms with Crippen LogP contribution in [0.3, 0.4) is 0 Å². The molecule has 0 unspecified atom stereocenters. The maximum atomic E-state index is 10.3. The molecule has 122 valence electrons. The summed E-state index contributed by atoms with van der Waals surface area (Å²) in [5.74, 6) is 0.615. The number of carbonyl (C=O) groups is 1. The molecule has 0 radical (unpaired) electrons. The number of amides is 1. The number of hydrogen-bond acceptors (Lipinski definition) is 4. The van der Waals surface area contributed by atoms with Crippen molar-refractivity contribution in [1.82, 2.24) is 9.62 Å². The number of hydrogen-bond donors (Lipinski definition) is 2. The minimum absolute atomic E-state index is 0.0543. The van der Waals surface area contributed by atoms with Crippen LogP contribution >= 0.6 is 11.9 Å². The summed E-state index contributed by atoms with van der Waals surface area (Å²) in [5.41, 5.74) is 7.42. The van der Waals surface area contributed by atoms with Crippen LogP contribution in [0, 0.1) is 5.92 Å². The van der Waals surface area contributed by atoms with Crippen molar-refractivity contribution in [2.45, 2.75) is 43.5 Å². The van der Waals surface area contributed by atoms with Crippen molar-refractivity contribution in [2.24, 2.45) is 11.7 Å². The molecule has 1 amide bonds. The van der Waals surface area contributed by atoms with E-state index in [0.29, 0.717) is 5.92 Å². The Morgan fingerprint density at radius 3 is 2.59 bits per heavy atom. The lowest BCUT2D eigenvalue weighted by atomic mass is 10.1. The molecule has 0 aliphatic heterocycles. The monoisotopic (exact) mass is 321 g/mol. The van der Waals surface area contributed by atoms with Crippen LogP contribution in [-0.2, 0) is 10.3 Å². The molecule has 3 N–H and O–H groups in total. The van der Waals surface area contributed by atoms with Gasteiger partial charge in [0.15, 0.2) is 0 Å². The standard InChI is InChI=1S/C17H27N3OS/c1-14(2)12-20(11-3-10-19-13-21)22-16-6-4-15(5-7-16)17(18)8-9-17/h4-7,13-14H,3,8-12,18H2,1-2H3,(H,19,21). The second-order valence-corrected chi connectivity index (χ2v) is 7.65. The number of benzene rings is 1. The molecule has 0 bridgehead atoms. The van der Waals surface area contributed by atoms with E-state index >= 15 is 0 Å². The summed E-state index contributed by atoms with van der Waals surface area (Å²) < 4.78 is 2.38. The average Bonchev–Trinajstić information content (AvgIpc) is 3.23. The first-order valence-electron chi connectivity index (χ1n) is 8.03. The zero-order valence-electron chi connectivity index (χ0n) is 13.5. The van der Waals surface area contributed by atoms with Crippen molar-refractivity contribution in [3.63, 3.8) is 0 Å². The van der Waals surface area contributed by atoms with Crippen LogP contribution in [0.4, 0.5) is 0 Å². The number of nitrogens with zero attached hydrogens (tertiary/aromatic N) is 1. The molecule has 5 heteroatoms. The first kappa shape index (κ1) is 17.3. The molecule has 1 aromatic rings. The molecule has 0 spiro atoms. The van der Waals surface area contributed by atoms with Crippen molar-refractivity contribution >= 4 is 18.4 Å². The fraction of sp³-hybridized carbons (Fsp3) is 0.588. The Morgan fingerprint density at radius 2 is 2.05 bits per heavy atom. The topological polar surface area (TPSA) is 58.4 Å². The number of carbonyl (C=O) groups excluding carboxylic acids is 1. The fourth-order valence-electron chi connectivity index (χ4n) is 2.42. The van der Waals surface area contributed by atoms with Gasteiger partial charge in [0.2, 0.25) is 6.41 Å². The van der Waals surface area contributed by atoms with E-state index < -0.39 is 0 Å². The molecule has 1 aliphatic rings. The van der Waals surface area contributed by atoms with Gasteiger partial charge in [0, 0.05) is 30.1 Å². The first-order chi connectivity index (χ1) is 10.5. The van der Waals surface area contributed by atoms with Crippen LogP contribution in [0.25, 0.3) is 0 Å². The van der Waals surface area contributed by atoms with Crippen molar-refractivity contribution in [2.75, 3.05) is 19.6 Å². The Labute approximate surface area is 138 Å². The number of nitrogens with one attached hydrogen (secondary N) is 1. The average molecular weight is 321 g/mol. The van der Waals surface area contributed by atoms with E-state index in [1.165, 1.54) is 10.5 Å². The first-order valence-corrected chi connectivity index (χ1v) is 8.80. The van der Waals surface area contributed by atoms with Gasteiger partial charge in [0.05, 0.1) is 0 Å². The quantitative estimate of drug-likeness (QED) is 0.395. The van der Waals surface area contributed by atoms with Crippen molar-refractivity contribution < 1.29 is 4.79 Å². The molecule has 1 aliphatic carbocycles. The highest BCUT2D eigenvalue weighted by Crippen LogP contribution is 2.43. The molecule has 1 saturated carbocycles.